The van der Waals surface area contributed by atoms with Crippen LogP contribution in [0.25, 0.3) is 10.4 Å². The third-order valence-corrected chi connectivity index (χ3v) is 8.54. The van der Waals surface area contributed by atoms with Crippen molar-refractivity contribution >= 4 is 11.7 Å². The van der Waals surface area contributed by atoms with Gasteiger partial charge < -0.3 is 61.4 Å². The smallest absolute Gasteiger partial charge is 0.330 e. The van der Waals surface area contributed by atoms with Crippen molar-refractivity contribution in [2.45, 2.75) is 80.8 Å². The molecule has 26 nitrogen and oxygen atoms in total. The van der Waals surface area contributed by atoms with E-state index in [0.29, 0.717) is 5.56 Å². The lowest BCUT2D eigenvalue weighted by atomic mass is 10.1. The highest BCUT2D eigenvalue weighted by molar-refractivity contribution is 5.95. The van der Waals surface area contributed by atoms with Crippen molar-refractivity contribution < 1.29 is 54.8 Å². The lowest BCUT2D eigenvalue weighted by Crippen LogP contribution is -2.37. The molecule has 1 amide bonds. The van der Waals surface area contributed by atoms with E-state index in [1.54, 1.807) is 6.92 Å². The monoisotopic (exact) mass is 769 g/mol. The average molecular weight is 770 g/mol. The number of primary amides is 1. The van der Waals surface area contributed by atoms with Crippen LogP contribution in [-0.2, 0) is 14.2 Å². The highest BCUT2D eigenvalue weighted by Crippen LogP contribution is 2.32. The minimum atomic E-state index is -1.35. The van der Waals surface area contributed by atoms with Crippen LogP contribution >= 0.6 is 0 Å². The second kappa shape index (κ2) is 17.7. The molecule has 0 spiro atoms. The summed E-state index contributed by atoms with van der Waals surface area (Å²) >= 11 is 0. The van der Waals surface area contributed by atoms with Crippen molar-refractivity contribution in [3.8, 4) is 0 Å². The molecule has 13 N–H and O–H groups in total. The van der Waals surface area contributed by atoms with Gasteiger partial charge in [-0.2, -0.15) is 0 Å². The largest absolute Gasteiger partial charge is 0.394 e. The van der Waals surface area contributed by atoms with Gasteiger partial charge in [0.1, 0.15) is 48.7 Å². The maximum Gasteiger partial charge on any atom is 0.330 e. The van der Waals surface area contributed by atoms with Gasteiger partial charge in [0.2, 0.25) is 0 Å². The number of nitrogen functional groups attached to an aromatic ring is 1. The number of nitrogens with one attached hydrogen (secondary N) is 2. The average Bonchev–Trinajstić information content (AvgIpc) is 3.87. The molecule has 3 aromatic rings. The molecule has 26 heteroatoms. The minimum absolute atomic E-state index is 0.0719. The fraction of sp³-hybridized carbons (Fsp3) is 0.571. The van der Waals surface area contributed by atoms with Gasteiger partial charge in [0.05, 0.1) is 38.3 Å². The fourth-order valence-electron chi connectivity index (χ4n) is 5.65. The first-order valence-corrected chi connectivity index (χ1v) is 15.9. The van der Waals surface area contributed by atoms with E-state index in [1.807, 2.05) is 4.98 Å². The van der Waals surface area contributed by atoms with Gasteiger partial charge >= 0.3 is 11.4 Å². The molecular formula is C28H39N11O15. The van der Waals surface area contributed by atoms with Gasteiger partial charge in [0.15, 0.2) is 18.1 Å². The van der Waals surface area contributed by atoms with Crippen molar-refractivity contribution in [2.75, 3.05) is 25.6 Å². The van der Waals surface area contributed by atoms with Gasteiger partial charge in [-0.15, -0.1) is 0 Å². The number of amides is 1. The predicted molar refractivity (Wildman–Crippen MR) is 177 cm³/mol. The summed E-state index contributed by atoms with van der Waals surface area (Å²) in [5, 5.41) is 69.1. The number of anilines is 1. The summed E-state index contributed by atoms with van der Waals surface area (Å²) < 4.78 is 19.2. The molecule has 296 valence electrons. The van der Waals surface area contributed by atoms with Crippen LogP contribution in [-0.4, -0.2) is 139 Å². The van der Waals surface area contributed by atoms with Crippen LogP contribution in [0.1, 0.15) is 41.2 Å². The highest BCUT2D eigenvalue weighted by atomic mass is 16.6. The number of hydrogen-bond donors (Lipinski definition) is 11. The summed E-state index contributed by atoms with van der Waals surface area (Å²) in [5.41, 5.74) is 17.0. The summed E-state index contributed by atoms with van der Waals surface area (Å²) in [6, 6.07) is 0.551. The summed E-state index contributed by atoms with van der Waals surface area (Å²) in [7, 11) is 0. The molecule has 3 aliphatic heterocycles. The normalized spacial score (nSPS) is 30.1. The lowest BCUT2D eigenvalue weighted by molar-refractivity contribution is -0.0550. The molecule has 0 radical (unpaired) electrons. The number of nitrogens with zero attached hydrogens (tertiary/aromatic N) is 7. The number of aliphatic hydroxyl groups is 7. The van der Waals surface area contributed by atoms with E-state index in [4.69, 9.17) is 46.5 Å². The number of aromatic nitrogens is 6. The summed E-state index contributed by atoms with van der Waals surface area (Å²) in [4.78, 5) is 66.8. The van der Waals surface area contributed by atoms with Gasteiger partial charge in [0, 0.05) is 35.4 Å². The number of carbonyl (C=O) groups excluding carboxylic acids is 1. The standard InChI is InChI=1S/C10H13N5O4.C9H14N4O5.C9H12N2O6/c1-5-3-15(10(18)12-9(5)17)8-2-6(13-14-11)7(4-16)19-8;10-7-4(8(11)17)12-2-13(7)9-6(16)5(15)3(1-14)18-9;12-3-4-6(14)7(15)8(17-4)11-2-1-5(13)10-9(11)16/h3,6-8,16H,2,4H2,1H3,(H,12,17,18);2-3,5-6,9,14-16H,1,10H2,(H2,11,17);1-2,4,6-8,12,14-15H,3H2,(H,10,13,16)/t6-,7+,8+;3-,5-,6-,9-;4-,6-,7-,8-/m011/s1. The molecule has 3 saturated heterocycles. The Bertz CT molecular complexity index is 2060. The maximum atomic E-state index is 11.7. The number of H-pyrrole nitrogens is 2. The number of aromatic amines is 2. The Labute approximate surface area is 300 Å². The molecule has 0 saturated carbocycles. The van der Waals surface area contributed by atoms with Gasteiger partial charge in [-0.25, -0.2) is 14.6 Å². The molecular weight excluding hydrogens is 730 g/mol. The predicted octanol–water partition coefficient (Wildman–Crippen LogP) is -5.87. The zero-order valence-corrected chi connectivity index (χ0v) is 28.2. The summed E-state index contributed by atoms with van der Waals surface area (Å²) in [6.45, 7) is 0.328. The van der Waals surface area contributed by atoms with Crippen LogP contribution in [0.15, 0.2) is 49.1 Å². The topological polar surface area (TPSA) is 415 Å². The van der Waals surface area contributed by atoms with E-state index in [9.17, 15) is 44.4 Å². The molecule has 54 heavy (non-hydrogen) atoms. The van der Waals surface area contributed by atoms with Gasteiger partial charge in [-0.3, -0.25) is 38.1 Å². The van der Waals surface area contributed by atoms with Crippen molar-refractivity contribution in [3.63, 3.8) is 0 Å². The Hall–Kier alpha value is -5.25. The van der Waals surface area contributed by atoms with E-state index in [2.05, 4.69) is 20.0 Å². The second-order valence-electron chi connectivity index (χ2n) is 12.0. The van der Waals surface area contributed by atoms with E-state index in [1.165, 1.54) is 21.7 Å². The second-order valence-corrected chi connectivity index (χ2v) is 12.0. The first-order chi connectivity index (χ1) is 25.6. The van der Waals surface area contributed by atoms with E-state index < -0.39 is 109 Å². The van der Waals surface area contributed by atoms with Gasteiger partial charge in [-0.1, -0.05) is 5.11 Å². The van der Waals surface area contributed by atoms with Crippen LogP contribution in [0.3, 0.4) is 0 Å². The number of nitrogens with two attached hydrogens (primary N) is 2. The Kier molecular flexibility index (Phi) is 13.6. The van der Waals surface area contributed by atoms with Gasteiger partial charge in [0.25, 0.3) is 17.0 Å². The van der Waals surface area contributed by atoms with Crippen molar-refractivity contribution in [2.24, 2.45) is 10.8 Å². The maximum absolute atomic E-state index is 11.7. The molecule has 0 aromatic carbocycles. The molecule has 11 atom stereocenters. The van der Waals surface area contributed by atoms with E-state index >= 15 is 0 Å². The quantitative estimate of drug-likeness (QED) is 0.0577. The number of aliphatic hydroxyl groups excluding tert-OH is 7. The van der Waals surface area contributed by atoms with E-state index in [0.717, 1.165) is 16.8 Å². The molecule has 6 rings (SSSR count). The van der Waals surface area contributed by atoms with Crippen LogP contribution in [0.4, 0.5) is 5.82 Å². The number of hydrogen-bond acceptors (Lipinski definition) is 18. The first-order valence-electron chi connectivity index (χ1n) is 15.9. The third-order valence-electron chi connectivity index (χ3n) is 8.54. The summed E-state index contributed by atoms with van der Waals surface area (Å²) in [6.07, 6.45) is -6.58. The molecule has 6 heterocycles. The molecule has 3 aromatic heterocycles. The Balaban J connectivity index is 0.000000181. The third kappa shape index (κ3) is 8.75. The number of aryl methyl sites for hydroxylation is 1. The van der Waals surface area contributed by atoms with Crippen molar-refractivity contribution in [3.05, 3.63) is 88.2 Å². The Morgan fingerprint density at radius 1 is 0.907 bits per heavy atom. The van der Waals surface area contributed by atoms with Crippen LogP contribution in [0, 0.1) is 6.92 Å². The van der Waals surface area contributed by atoms with Crippen LogP contribution < -0.4 is 34.0 Å². The van der Waals surface area contributed by atoms with Gasteiger partial charge in [-0.05, 0) is 12.5 Å². The van der Waals surface area contributed by atoms with E-state index in [-0.39, 0.29) is 24.5 Å². The number of azide groups is 1. The number of rotatable bonds is 8. The SMILES string of the molecule is Cc1cn([C@H]2C[C@H](N=[N+]=[N-])[C@@H](CO)O2)c(=O)[nH]c1=O.NC(=O)c1ncn([C@@H]2O[C@H](CO)[C@@H](O)[C@H]2O)c1N.O=c1ccn([C@@H]2O[C@H](CO)[C@@H](O)[C@H]2O)c(=O)[nH]1. The highest BCUT2D eigenvalue weighted by Gasteiger charge is 2.45. The summed E-state index contributed by atoms with van der Waals surface area (Å²) in [5.74, 6) is -0.879. The molecule has 3 fully saturated rings. The number of imidazole rings is 1. The number of ether oxygens (including phenoxy) is 3. The molecule has 0 aliphatic carbocycles. The van der Waals surface area contributed by atoms with Crippen LogP contribution in [0.2, 0.25) is 0 Å². The zero-order valence-electron chi connectivity index (χ0n) is 28.2. The lowest BCUT2D eigenvalue weighted by Gasteiger charge is -2.17. The molecule has 3 aliphatic rings. The van der Waals surface area contributed by atoms with Crippen molar-refractivity contribution in [1.29, 1.82) is 0 Å². The first kappa shape index (κ1) is 41.5. The molecule has 0 unspecified atom stereocenters. The zero-order chi connectivity index (χ0) is 40.0. The van der Waals surface area contributed by atoms with Crippen molar-refractivity contribution in [1.82, 2.24) is 28.7 Å². The number of carbonyl (C=O) groups is 1. The Morgan fingerprint density at radius 3 is 1.94 bits per heavy atom. The molecule has 0 bridgehead atoms. The Morgan fingerprint density at radius 2 is 1.46 bits per heavy atom. The fourth-order valence-corrected chi connectivity index (χ4v) is 5.65. The van der Waals surface area contributed by atoms with Crippen LogP contribution in [0.5, 0.6) is 0 Å². The minimum Gasteiger partial charge on any atom is -0.394 e.